The quantitative estimate of drug-likeness (QED) is 0.402. The number of rotatable bonds is 11. The Morgan fingerprint density at radius 2 is 1.71 bits per heavy atom. The number of fused-ring (bicyclic) bond motifs is 1. The van der Waals surface area contributed by atoms with Gasteiger partial charge in [0.05, 0.1) is 11.0 Å². The van der Waals surface area contributed by atoms with Crippen LogP contribution in [-0.4, -0.2) is 44.9 Å². The summed E-state index contributed by atoms with van der Waals surface area (Å²) >= 11 is 0. The molecule has 34 heavy (non-hydrogen) atoms. The van der Waals surface area contributed by atoms with Crippen molar-refractivity contribution in [2.24, 2.45) is 0 Å². The van der Waals surface area contributed by atoms with Gasteiger partial charge in [-0.1, -0.05) is 36.2 Å². The molecule has 1 heterocycles. The second-order valence-electron chi connectivity index (χ2n) is 9.53. The van der Waals surface area contributed by atoms with Crippen LogP contribution in [0.3, 0.4) is 0 Å². The fraction of sp³-hybridized carbons (Fsp3) is 0.464. The zero-order chi connectivity index (χ0) is 24.7. The van der Waals surface area contributed by atoms with Crippen LogP contribution in [0.2, 0.25) is 0 Å². The second-order valence-corrected chi connectivity index (χ2v) is 9.53. The molecule has 0 bridgehead atoms. The Morgan fingerprint density at radius 3 is 2.41 bits per heavy atom. The maximum atomic E-state index is 13.1. The standard InChI is InChI=1S/C28H38N4O2/c1-20(2)32(21(3)4)27(33)19-31-25-15-9-8-14-24(25)30-26(31)16-7-6-10-17-29-28(34)23-13-11-12-22(5)18-23/h8-9,11-15,18,20-21H,6-7,10,16-17,19H2,1-5H3,(H,29,34). The van der Waals surface area contributed by atoms with Gasteiger partial charge in [0, 0.05) is 30.6 Å². The average Bonchev–Trinajstić information content (AvgIpc) is 3.12. The fourth-order valence-corrected chi connectivity index (χ4v) is 4.56. The summed E-state index contributed by atoms with van der Waals surface area (Å²) in [7, 11) is 0. The van der Waals surface area contributed by atoms with Crippen LogP contribution in [-0.2, 0) is 17.8 Å². The molecule has 0 fully saturated rings. The third kappa shape index (κ3) is 6.46. The highest BCUT2D eigenvalue weighted by Crippen LogP contribution is 2.19. The van der Waals surface area contributed by atoms with Crippen molar-refractivity contribution < 1.29 is 9.59 Å². The Morgan fingerprint density at radius 1 is 0.971 bits per heavy atom. The predicted molar refractivity (Wildman–Crippen MR) is 138 cm³/mol. The zero-order valence-electron chi connectivity index (χ0n) is 21.2. The van der Waals surface area contributed by atoms with Crippen molar-refractivity contribution in [2.75, 3.05) is 6.54 Å². The summed E-state index contributed by atoms with van der Waals surface area (Å²) in [6.45, 7) is 11.2. The number of nitrogens with zero attached hydrogens (tertiary/aromatic N) is 3. The number of para-hydroxylation sites is 2. The molecule has 6 heteroatoms. The maximum absolute atomic E-state index is 13.1. The van der Waals surface area contributed by atoms with Crippen LogP contribution in [0.5, 0.6) is 0 Å². The van der Waals surface area contributed by atoms with Gasteiger partial charge in [0.2, 0.25) is 5.91 Å². The number of carbonyl (C=O) groups is 2. The Hall–Kier alpha value is -3.15. The molecule has 0 saturated carbocycles. The molecule has 3 aromatic rings. The molecule has 6 nitrogen and oxygen atoms in total. The van der Waals surface area contributed by atoms with Crippen molar-refractivity contribution in [3.63, 3.8) is 0 Å². The minimum Gasteiger partial charge on any atom is -0.352 e. The maximum Gasteiger partial charge on any atom is 0.251 e. The van der Waals surface area contributed by atoms with Crippen LogP contribution >= 0.6 is 0 Å². The van der Waals surface area contributed by atoms with Crippen molar-refractivity contribution >= 4 is 22.8 Å². The molecule has 2 aromatic carbocycles. The van der Waals surface area contributed by atoms with E-state index in [1.807, 2.05) is 60.4 Å². The molecule has 2 amide bonds. The molecule has 0 saturated heterocycles. The van der Waals surface area contributed by atoms with Gasteiger partial charge in [-0.05, 0) is 71.7 Å². The van der Waals surface area contributed by atoms with Gasteiger partial charge in [-0.15, -0.1) is 0 Å². The van der Waals surface area contributed by atoms with E-state index in [-0.39, 0.29) is 23.9 Å². The number of hydrogen-bond acceptors (Lipinski definition) is 3. The lowest BCUT2D eigenvalue weighted by molar-refractivity contribution is -0.135. The predicted octanol–water partition coefficient (Wildman–Crippen LogP) is 5.13. The summed E-state index contributed by atoms with van der Waals surface area (Å²) < 4.78 is 2.08. The molecule has 0 aliphatic rings. The Balaban J connectivity index is 1.57. The van der Waals surface area contributed by atoms with Gasteiger partial charge in [0.15, 0.2) is 0 Å². The smallest absolute Gasteiger partial charge is 0.251 e. The van der Waals surface area contributed by atoms with E-state index in [0.29, 0.717) is 18.7 Å². The number of unbranched alkanes of at least 4 members (excludes halogenated alkanes) is 2. The van der Waals surface area contributed by atoms with Gasteiger partial charge in [-0.2, -0.15) is 0 Å². The lowest BCUT2D eigenvalue weighted by Crippen LogP contribution is -2.43. The van der Waals surface area contributed by atoms with Gasteiger partial charge in [0.25, 0.3) is 5.91 Å². The first-order chi connectivity index (χ1) is 16.3. The molecule has 0 aliphatic carbocycles. The Labute approximate surface area is 203 Å². The molecule has 182 valence electrons. The van der Waals surface area contributed by atoms with Gasteiger partial charge in [0.1, 0.15) is 12.4 Å². The summed E-state index contributed by atoms with van der Waals surface area (Å²) in [6, 6.07) is 16.0. The summed E-state index contributed by atoms with van der Waals surface area (Å²) in [5, 5.41) is 3.01. The molecule has 0 aliphatic heterocycles. The minimum atomic E-state index is -0.0242. The third-order valence-electron chi connectivity index (χ3n) is 6.07. The summed E-state index contributed by atoms with van der Waals surface area (Å²) in [5.74, 6) is 1.04. The normalized spacial score (nSPS) is 11.4. The topological polar surface area (TPSA) is 67.2 Å². The molecule has 0 unspecified atom stereocenters. The molecule has 0 atom stereocenters. The molecule has 3 rings (SSSR count). The molecule has 1 aromatic heterocycles. The van der Waals surface area contributed by atoms with Crippen LogP contribution < -0.4 is 5.32 Å². The van der Waals surface area contributed by atoms with E-state index in [9.17, 15) is 9.59 Å². The first kappa shape index (κ1) is 25.5. The summed E-state index contributed by atoms with van der Waals surface area (Å²) in [6.07, 6.45) is 3.65. The Kier molecular flexibility index (Phi) is 8.85. The molecule has 0 radical (unpaired) electrons. The van der Waals surface area contributed by atoms with E-state index in [4.69, 9.17) is 4.98 Å². The third-order valence-corrected chi connectivity index (χ3v) is 6.07. The number of aryl methyl sites for hydroxylation is 2. The first-order valence-electron chi connectivity index (χ1n) is 12.4. The van der Waals surface area contributed by atoms with E-state index in [1.165, 1.54) is 0 Å². The summed E-state index contributed by atoms with van der Waals surface area (Å²) in [5.41, 5.74) is 3.72. The minimum absolute atomic E-state index is 0.0242. The van der Waals surface area contributed by atoms with Crippen LogP contribution in [0.1, 0.15) is 68.7 Å². The lowest BCUT2D eigenvalue weighted by atomic mass is 10.1. The number of nitrogens with one attached hydrogen (secondary N) is 1. The van der Waals surface area contributed by atoms with Gasteiger partial charge >= 0.3 is 0 Å². The van der Waals surface area contributed by atoms with Crippen LogP contribution in [0.4, 0.5) is 0 Å². The van der Waals surface area contributed by atoms with Crippen molar-refractivity contribution in [1.82, 2.24) is 19.8 Å². The highest BCUT2D eigenvalue weighted by atomic mass is 16.2. The van der Waals surface area contributed by atoms with E-state index in [2.05, 4.69) is 37.6 Å². The lowest BCUT2D eigenvalue weighted by Gasteiger charge is -2.31. The molecular formula is C28H38N4O2. The SMILES string of the molecule is Cc1cccc(C(=O)NCCCCCc2nc3ccccc3n2CC(=O)N(C(C)C)C(C)C)c1. The molecule has 0 spiro atoms. The van der Waals surface area contributed by atoms with Crippen LogP contribution in [0.15, 0.2) is 48.5 Å². The van der Waals surface area contributed by atoms with Gasteiger partial charge in [-0.3, -0.25) is 9.59 Å². The number of benzene rings is 2. The van der Waals surface area contributed by atoms with Crippen molar-refractivity contribution in [2.45, 2.75) is 78.9 Å². The molecular weight excluding hydrogens is 424 g/mol. The largest absolute Gasteiger partial charge is 0.352 e. The van der Waals surface area contributed by atoms with E-state index >= 15 is 0 Å². The van der Waals surface area contributed by atoms with Crippen molar-refractivity contribution in [3.05, 3.63) is 65.5 Å². The number of hydrogen-bond donors (Lipinski definition) is 1. The number of imidazole rings is 1. The van der Waals surface area contributed by atoms with Crippen LogP contribution in [0.25, 0.3) is 11.0 Å². The van der Waals surface area contributed by atoms with Crippen LogP contribution in [0, 0.1) is 6.92 Å². The van der Waals surface area contributed by atoms with E-state index in [0.717, 1.165) is 48.1 Å². The highest BCUT2D eigenvalue weighted by Gasteiger charge is 2.22. The second kappa shape index (κ2) is 11.8. The van der Waals surface area contributed by atoms with Gasteiger partial charge in [-0.25, -0.2) is 4.98 Å². The first-order valence-corrected chi connectivity index (χ1v) is 12.4. The van der Waals surface area contributed by atoms with Crippen molar-refractivity contribution in [1.29, 1.82) is 0 Å². The highest BCUT2D eigenvalue weighted by molar-refractivity contribution is 5.94. The Bertz CT molecular complexity index is 1110. The van der Waals surface area contributed by atoms with E-state index < -0.39 is 0 Å². The zero-order valence-corrected chi connectivity index (χ0v) is 21.2. The fourth-order valence-electron chi connectivity index (χ4n) is 4.56. The molecule has 1 N–H and O–H groups in total. The number of carbonyl (C=O) groups excluding carboxylic acids is 2. The number of aromatic nitrogens is 2. The van der Waals surface area contributed by atoms with Crippen molar-refractivity contribution in [3.8, 4) is 0 Å². The number of amides is 2. The van der Waals surface area contributed by atoms with Gasteiger partial charge < -0.3 is 14.8 Å². The summed E-state index contributed by atoms with van der Waals surface area (Å²) in [4.78, 5) is 32.2. The monoisotopic (exact) mass is 462 g/mol. The average molecular weight is 463 g/mol. The van der Waals surface area contributed by atoms with E-state index in [1.54, 1.807) is 0 Å².